The molecule has 0 radical (unpaired) electrons. The second-order valence-corrected chi connectivity index (χ2v) is 8.00. The van der Waals surface area contributed by atoms with Gasteiger partial charge in [-0.3, -0.25) is 0 Å². The van der Waals surface area contributed by atoms with Gasteiger partial charge in [0.2, 0.25) is 10.0 Å². The summed E-state index contributed by atoms with van der Waals surface area (Å²) in [5.74, 6) is -0.00583. The van der Waals surface area contributed by atoms with Gasteiger partial charge in [-0.2, -0.15) is 0 Å². The van der Waals surface area contributed by atoms with Gasteiger partial charge in [0.15, 0.2) is 0 Å². The third kappa shape index (κ3) is 4.49. The Morgan fingerprint density at radius 2 is 1.95 bits per heavy atom. The number of rotatable bonds is 5. The molecule has 0 bridgehead atoms. The molecule has 0 heterocycles. The maximum Gasteiger partial charge on any atom is 0.215 e. The highest BCUT2D eigenvalue weighted by Crippen LogP contribution is 2.35. The molecule has 0 aliphatic heterocycles. The molecule has 1 aliphatic rings. The number of nitrogens with one attached hydrogen (secondary N) is 1. The number of hydrogen-bond acceptors (Lipinski definition) is 3. The van der Waals surface area contributed by atoms with E-state index in [1.807, 2.05) is 0 Å². The van der Waals surface area contributed by atoms with Gasteiger partial charge in [0.25, 0.3) is 0 Å². The molecule has 112 valence electrons. The number of sulfonamides is 1. The van der Waals surface area contributed by atoms with Crippen LogP contribution in [0.2, 0.25) is 0 Å². The minimum absolute atomic E-state index is 0.00583. The molecule has 4 nitrogen and oxygen atoms in total. The summed E-state index contributed by atoms with van der Waals surface area (Å²) >= 11 is 0. The van der Waals surface area contributed by atoms with E-state index in [-0.39, 0.29) is 11.2 Å². The molecule has 1 aromatic carbocycles. The summed E-state index contributed by atoms with van der Waals surface area (Å²) in [5.41, 5.74) is 7.11. The largest absolute Gasteiger partial charge is 0.399 e. The van der Waals surface area contributed by atoms with Crippen LogP contribution < -0.4 is 10.5 Å². The lowest BCUT2D eigenvalue weighted by Gasteiger charge is -2.33. The first-order valence-electron chi connectivity index (χ1n) is 7.20. The Kier molecular flexibility index (Phi) is 4.70. The number of nitrogens with two attached hydrogens (primary N) is 1. The summed E-state index contributed by atoms with van der Waals surface area (Å²) in [6.07, 6.45) is 5.88. The van der Waals surface area contributed by atoms with Crippen LogP contribution in [0.25, 0.3) is 0 Å². The normalized spacial score (nSPS) is 18.9. The number of benzene rings is 1. The van der Waals surface area contributed by atoms with Gasteiger partial charge in [0.1, 0.15) is 0 Å². The highest BCUT2D eigenvalue weighted by molar-refractivity contribution is 7.88. The van der Waals surface area contributed by atoms with Crippen LogP contribution in [0.5, 0.6) is 0 Å². The summed E-state index contributed by atoms with van der Waals surface area (Å²) < 4.78 is 27.1. The third-order valence-corrected chi connectivity index (χ3v) is 5.38. The van der Waals surface area contributed by atoms with Crippen LogP contribution in [0.1, 0.15) is 44.6 Å². The van der Waals surface area contributed by atoms with Crippen LogP contribution in [0.4, 0.5) is 5.69 Å². The molecule has 2 rings (SSSR count). The van der Waals surface area contributed by atoms with E-state index >= 15 is 0 Å². The Hall–Kier alpha value is -1.07. The maximum absolute atomic E-state index is 12.1. The smallest absolute Gasteiger partial charge is 0.215 e. The monoisotopic (exact) mass is 296 g/mol. The summed E-state index contributed by atoms with van der Waals surface area (Å²) in [6.45, 7) is 2.72. The second kappa shape index (κ2) is 6.14. The highest BCUT2D eigenvalue weighted by atomic mass is 32.2. The number of hydrogen-bond donors (Lipinski definition) is 2. The van der Waals surface area contributed by atoms with Crippen molar-refractivity contribution in [2.45, 2.75) is 44.8 Å². The molecule has 0 aromatic heterocycles. The van der Waals surface area contributed by atoms with E-state index in [4.69, 9.17) is 5.73 Å². The van der Waals surface area contributed by atoms with Gasteiger partial charge >= 0.3 is 0 Å². The summed E-state index contributed by atoms with van der Waals surface area (Å²) in [4.78, 5) is 0. The lowest BCUT2D eigenvalue weighted by molar-refractivity contribution is 0.219. The Bertz CT molecular complexity index is 549. The molecule has 5 heteroatoms. The quantitative estimate of drug-likeness (QED) is 0.821. The Morgan fingerprint density at radius 1 is 1.25 bits per heavy atom. The van der Waals surface area contributed by atoms with Gasteiger partial charge in [-0.1, -0.05) is 38.3 Å². The molecule has 20 heavy (non-hydrogen) atoms. The van der Waals surface area contributed by atoms with Crippen LogP contribution in [0, 0.1) is 5.41 Å². The minimum atomic E-state index is -3.29. The average Bonchev–Trinajstić information content (AvgIpc) is 2.37. The molecule has 0 unspecified atom stereocenters. The van der Waals surface area contributed by atoms with Gasteiger partial charge in [0.05, 0.1) is 5.75 Å². The Morgan fingerprint density at radius 3 is 2.60 bits per heavy atom. The third-order valence-electron chi connectivity index (χ3n) is 4.09. The Labute approximate surface area is 121 Å². The number of nitrogen functional groups attached to an aromatic ring is 1. The van der Waals surface area contributed by atoms with Crippen molar-refractivity contribution >= 4 is 15.7 Å². The molecule has 1 aliphatic carbocycles. The predicted octanol–water partition coefficient (Wildman–Crippen LogP) is 2.66. The van der Waals surface area contributed by atoms with Gasteiger partial charge in [-0.25, -0.2) is 13.1 Å². The van der Waals surface area contributed by atoms with E-state index in [9.17, 15) is 8.42 Å². The zero-order chi connectivity index (χ0) is 14.6. The van der Waals surface area contributed by atoms with Gasteiger partial charge in [-0.15, -0.1) is 0 Å². The van der Waals surface area contributed by atoms with Crippen molar-refractivity contribution in [1.82, 2.24) is 4.72 Å². The average molecular weight is 296 g/mol. The highest BCUT2D eigenvalue weighted by Gasteiger charge is 2.28. The van der Waals surface area contributed by atoms with Crippen molar-refractivity contribution in [2.24, 2.45) is 5.41 Å². The standard InChI is InChI=1S/C15H24N2O2S/c1-15(8-3-2-4-9-15)12-17-20(18,19)11-13-6-5-7-14(16)10-13/h5-7,10,17H,2-4,8-9,11-12,16H2,1H3. The van der Waals surface area contributed by atoms with Crippen molar-refractivity contribution in [2.75, 3.05) is 12.3 Å². The summed E-state index contributed by atoms with van der Waals surface area (Å²) in [5, 5.41) is 0. The van der Waals surface area contributed by atoms with Gasteiger partial charge in [0, 0.05) is 12.2 Å². The summed E-state index contributed by atoms with van der Waals surface area (Å²) in [7, 11) is -3.29. The van der Waals surface area contributed by atoms with Crippen molar-refractivity contribution < 1.29 is 8.42 Å². The summed E-state index contributed by atoms with van der Waals surface area (Å²) in [6, 6.07) is 7.04. The van der Waals surface area contributed by atoms with Crippen LogP contribution in [0.3, 0.4) is 0 Å². The van der Waals surface area contributed by atoms with Crippen LogP contribution >= 0.6 is 0 Å². The molecule has 3 N–H and O–H groups in total. The van der Waals surface area contributed by atoms with E-state index in [0.717, 1.165) is 18.4 Å². The lowest BCUT2D eigenvalue weighted by atomic mass is 9.76. The van der Waals surface area contributed by atoms with Crippen molar-refractivity contribution in [1.29, 1.82) is 0 Å². The zero-order valence-electron chi connectivity index (χ0n) is 12.1. The first kappa shape index (κ1) is 15.3. The molecule has 1 saturated carbocycles. The first-order chi connectivity index (χ1) is 9.39. The fourth-order valence-corrected chi connectivity index (χ4v) is 4.11. The molecular formula is C15H24N2O2S. The van der Waals surface area contributed by atoms with Crippen molar-refractivity contribution in [3.05, 3.63) is 29.8 Å². The number of anilines is 1. The predicted molar refractivity (Wildman–Crippen MR) is 82.7 cm³/mol. The van der Waals surface area contributed by atoms with E-state index in [2.05, 4.69) is 11.6 Å². The van der Waals surface area contributed by atoms with E-state index in [1.165, 1.54) is 19.3 Å². The van der Waals surface area contributed by atoms with Crippen molar-refractivity contribution in [3.63, 3.8) is 0 Å². The van der Waals surface area contributed by atoms with Crippen LogP contribution in [-0.4, -0.2) is 15.0 Å². The molecular weight excluding hydrogens is 272 g/mol. The SMILES string of the molecule is CC1(CNS(=O)(=O)Cc2cccc(N)c2)CCCCC1. The fraction of sp³-hybridized carbons (Fsp3) is 0.600. The molecule has 1 fully saturated rings. The topological polar surface area (TPSA) is 72.2 Å². The van der Waals surface area contributed by atoms with Crippen molar-refractivity contribution in [3.8, 4) is 0 Å². The van der Waals surface area contributed by atoms with Gasteiger partial charge < -0.3 is 5.73 Å². The molecule has 0 saturated heterocycles. The molecule has 0 amide bonds. The van der Waals surface area contributed by atoms with Crippen LogP contribution in [-0.2, 0) is 15.8 Å². The molecule has 0 spiro atoms. The molecule has 1 aromatic rings. The lowest BCUT2D eigenvalue weighted by Crippen LogP contribution is -2.37. The second-order valence-electron chi connectivity index (χ2n) is 6.20. The molecule has 0 atom stereocenters. The van der Waals surface area contributed by atoms with Crippen LogP contribution in [0.15, 0.2) is 24.3 Å². The van der Waals surface area contributed by atoms with E-state index < -0.39 is 10.0 Å². The Balaban J connectivity index is 1.94. The minimum Gasteiger partial charge on any atom is -0.399 e. The maximum atomic E-state index is 12.1. The van der Waals surface area contributed by atoms with Gasteiger partial charge in [-0.05, 0) is 36.0 Å². The fourth-order valence-electron chi connectivity index (χ4n) is 2.82. The first-order valence-corrected chi connectivity index (χ1v) is 8.86. The zero-order valence-corrected chi connectivity index (χ0v) is 12.9. The van der Waals surface area contributed by atoms with E-state index in [1.54, 1.807) is 24.3 Å². The van der Waals surface area contributed by atoms with E-state index in [0.29, 0.717) is 12.2 Å².